The average molecular weight is 353 g/mol. The van der Waals surface area contributed by atoms with E-state index in [-0.39, 0.29) is 11.8 Å². The zero-order chi connectivity index (χ0) is 14.8. The lowest BCUT2D eigenvalue weighted by Gasteiger charge is -2.16. The Morgan fingerprint density at radius 1 is 1.19 bits per heavy atom. The number of rotatable bonds is 3. The van der Waals surface area contributed by atoms with Crippen LogP contribution in [0.1, 0.15) is 12.8 Å². The Kier molecular flexibility index (Phi) is 3.87. The quantitative estimate of drug-likeness (QED) is 0.883. The van der Waals surface area contributed by atoms with Gasteiger partial charge in [0.05, 0.1) is 5.69 Å². The summed E-state index contributed by atoms with van der Waals surface area (Å²) in [6.07, 6.45) is 2.25. The number of hydrogen-bond acceptors (Lipinski definition) is 6. The van der Waals surface area contributed by atoms with Crippen LogP contribution in [-0.4, -0.2) is 28.0 Å². The predicted molar refractivity (Wildman–Crippen MR) is 83.1 cm³/mol. The van der Waals surface area contributed by atoms with Crippen LogP contribution in [0.15, 0.2) is 22.7 Å². The topological polar surface area (TPSA) is 80.0 Å². The molecule has 0 amide bonds. The third-order valence-corrected chi connectivity index (χ3v) is 3.86. The molecule has 3 rings (SSSR count). The highest BCUT2D eigenvalue weighted by atomic mass is 79.9. The number of nitrogens with two attached hydrogens (primary N) is 1. The van der Waals surface area contributed by atoms with E-state index in [0.717, 1.165) is 25.9 Å². The summed E-state index contributed by atoms with van der Waals surface area (Å²) in [7, 11) is 0. The molecule has 1 aromatic heterocycles. The fourth-order valence-corrected chi connectivity index (χ4v) is 2.66. The molecule has 0 bridgehead atoms. The van der Waals surface area contributed by atoms with E-state index in [1.54, 1.807) is 6.07 Å². The molecule has 0 atom stereocenters. The van der Waals surface area contributed by atoms with Crippen molar-refractivity contribution in [3.05, 3.63) is 28.5 Å². The number of nitrogens with one attached hydrogen (secondary N) is 1. The third-order valence-electron chi connectivity index (χ3n) is 3.21. The molecule has 1 aromatic carbocycles. The normalized spacial score (nSPS) is 14.5. The molecule has 1 aliphatic rings. The van der Waals surface area contributed by atoms with Crippen molar-refractivity contribution in [3.8, 4) is 0 Å². The van der Waals surface area contributed by atoms with Crippen LogP contribution in [-0.2, 0) is 0 Å². The van der Waals surface area contributed by atoms with E-state index < -0.39 is 0 Å². The molecule has 2 heterocycles. The number of anilines is 4. The van der Waals surface area contributed by atoms with Crippen LogP contribution in [0, 0.1) is 5.82 Å². The Balaban J connectivity index is 1.87. The van der Waals surface area contributed by atoms with Crippen LogP contribution in [0.25, 0.3) is 0 Å². The Morgan fingerprint density at radius 3 is 2.67 bits per heavy atom. The molecular formula is C13H14BrFN6. The smallest absolute Gasteiger partial charge is 0.233 e. The van der Waals surface area contributed by atoms with Gasteiger partial charge < -0.3 is 16.0 Å². The third kappa shape index (κ3) is 3.21. The van der Waals surface area contributed by atoms with Gasteiger partial charge in [0.25, 0.3) is 0 Å². The van der Waals surface area contributed by atoms with Crippen LogP contribution in [0.2, 0.25) is 0 Å². The van der Waals surface area contributed by atoms with E-state index in [9.17, 15) is 4.39 Å². The minimum Gasteiger partial charge on any atom is -0.368 e. The fourth-order valence-electron chi connectivity index (χ4n) is 2.21. The number of benzene rings is 1. The average Bonchev–Trinajstić information content (AvgIpc) is 2.95. The van der Waals surface area contributed by atoms with Gasteiger partial charge in [-0.3, -0.25) is 0 Å². The first-order valence-electron chi connectivity index (χ1n) is 6.60. The number of nitrogens with zero attached hydrogens (tertiary/aromatic N) is 4. The lowest BCUT2D eigenvalue weighted by Crippen LogP contribution is -2.22. The van der Waals surface area contributed by atoms with Gasteiger partial charge in [0.2, 0.25) is 17.8 Å². The van der Waals surface area contributed by atoms with Crippen molar-refractivity contribution < 1.29 is 4.39 Å². The number of hydrogen-bond donors (Lipinski definition) is 2. The van der Waals surface area contributed by atoms with Crippen molar-refractivity contribution in [3.63, 3.8) is 0 Å². The Morgan fingerprint density at radius 2 is 1.95 bits per heavy atom. The van der Waals surface area contributed by atoms with Gasteiger partial charge in [-0.05, 0) is 47.0 Å². The van der Waals surface area contributed by atoms with Gasteiger partial charge in [0, 0.05) is 17.6 Å². The van der Waals surface area contributed by atoms with Crippen molar-refractivity contribution >= 4 is 39.5 Å². The van der Waals surface area contributed by atoms with Gasteiger partial charge in [-0.15, -0.1) is 0 Å². The highest BCUT2D eigenvalue weighted by Gasteiger charge is 2.17. The molecule has 110 valence electrons. The van der Waals surface area contributed by atoms with E-state index in [1.165, 1.54) is 12.1 Å². The molecule has 1 fully saturated rings. The maximum atomic E-state index is 13.1. The minimum atomic E-state index is -0.319. The second kappa shape index (κ2) is 5.80. The van der Waals surface area contributed by atoms with Crippen molar-refractivity contribution in [2.45, 2.75) is 12.8 Å². The van der Waals surface area contributed by atoms with Crippen molar-refractivity contribution in [1.29, 1.82) is 0 Å². The summed E-state index contributed by atoms with van der Waals surface area (Å²) in [6, 6.07) is 4.34. The molecule has 0 radical (unpaired) electrons. The standard InChI is InChI=1S/C13H14BrFN6/c14-9-7-8(15)3-4-10(9)17-12-18-11(16)19-13(20-12)21-5-1-2-6-21/h3-4,7H,1-2,5-6H2,(H3,16,17,18,19,20). The lowest BCUT2D eigenvalue weighted by molar-refractivity contribution is 0.627. The molecule has 0 unspecified atom stereocenters. The Hall–Kier alpha value is -1.96. The second-order valence-electron chi connectivity index (χ2n) is 4.76. The van der Waals surface area contributed by atoms with Crippen LogP contribution in [0.3, 0.4) is 0 Å². The molecule has 0 aliphatic carbocycles. The molecule has 6 nitrogen and oxygen atoms in total. The van der Waals surface area contributed by atoms with Crippen LogP contribution in [0.5, 0.6) is 0 Å². The first-order chi connectivity index (χ1) is 10.1. The lowest BCUT2D eigenvalue weighted by atomic mass is 10.3. The molecule has 3 N–H and O–H groups in total. The predicted octanol–water partition coefficient (Wildman–Crippen LogP) is 2.70. The van der Waals surface area contributed by atoms with E-state index in [1.807, 2.05) is 0 Å². The highest BCUT2D eigenvalue weighted by Crippen LogP contribution is 2.26. The fraction of sp³-hybridized carbons (Fsp3) is 0.308. The van der Waals surface area contributed by atoms with Gasteiger partial charge >= 0.3 is 0 Å². The second-order valence-corrected chi connectivity index (χ2v) is 5.61. The molecule has 0 spiro atoms. The molecule has 8 heteroatoms. The molecule has 21 heavy (non-hydrogen) atoms. The van der Waals surface area contributed by atoms with E-state index in [4.69, 9.17) is 5.73 Å². The Bertz CT molecular complexity index is 659. The van der Waals surface area contributed by atoms with Crippen LogP contribution < -0.4 is 16.0 Å². The number of aromatic nitrogens is 3. The minimum absolute atomic E-state index is 0.160. The maximum Gasteiger partial charge on any atom is 0.233 e. The van der Waals surface area contributed by atoms with Gasteiger partial charge in [0.1, 0.15) is 5.82 Å². The van der Waals surface area contributed by atoms with Crippen LogP contribution >= 0.6 is 15.9 Å². The first-order valence-corrected chi connectivity index (χ1v) is 7.40. The maximum absolute atomic E-state index is 13.1. The summed E-state index contributed by atoms with van der Waals surface area (Å²) in [4.78, 5) is 14.7. The van der Waals surface area contributed by atoms with Gasteiger partial charge in [-0.1, -0.05) is 0 Å². The van der Waals surface area contributed by atoms with E-state index in [0.29, 0.717) is 22.1 Å². The molecule has 1 saturated heterocycles. The van der Waals surface area contributed by atoms with Gasteiger partial charge in [-0.25, -0.2) is 4.39 Å². The molecule has 0 saturated carbocycles. The summed E-state index contributed by atoms with van der Waals surface area (Å²) in [6.45, 7) is 1.84. The summed E-state index contributed by atoms with van der Waals surface area (Å²) in [5, 5.41) is 3.02. The van der Waals surface area contributed by atoms with E-state index >= 15 is 0 Å². The first kappa shape index (κ1) is 14.0. The molecular weight excluding hydrogens is 339 g/mol. The van der Waals surface area contributed by atoms with Crippen molar-refractivity contribution in [2.75, 3.05) is 29.0 Å². The number of nitrogen functional groups attached to an aromatic ring is 1. The number of halogens is 2. The van der Waals surface area contributed by atoms with E-state index in [2.05, 4.69) is 41.1 Å². The SMILES string of the molecule is Nc1nc(Nc2ccc(F)cc2Br)nc(N2CCCC2)n1. The van der Waals surface area contributed by atoms with Crippen LogP contribution in [0.4, 0.5) is 27.9 Å². The molecule has 2 aromatic rings. The zero-order valence-electron chi connectivity index (χ0n) is 11.2. The van der Waals surface area contributed by atoms with Crippen molar-refractivity contribution in [2.24, 2.45) is 0 Å². The summed E-state index contributed by atoms with van der Waals surface area (Å²) < 4.78 is 13.7. The monoisotopic (exact) mass is 352 g/mol. The summed E-state index contributed by atoms with van der Waals surface area (Å²) in [5.41, 5.74) is 6.40. The Labute approximate surface area is 129 Å². The zero-order valence-corrected chi connectivity index (χ0v) is 12.8. The largest absolute Gasteiger partial charge is 0.368 e. The molecule has 1 aliphatic heterocycles. The van der Waals surface area contributed by atoms with Gasteiger partial charge in [-0.2, -0.15) is 15.0 Å². The highest BCUT2D eigenvalue weighted by molar-refractivity contribution is 9.10. The van der Waals surface area contributed by atoms with Gasteiger partial charge in [0.15, 0.2) is 0 Å². The summed E-state index contributed by atoms with van der Waals surface area (Å²) >= 11 is 3.29. The summed E-state index contributed by atoms with van der Waals surface area (Å²) in [5.74, 6) is 0.755. The van der Waals surface area contributed by atoms with Crippen molar-refractivity contribution in [1.82, 2.24) is 15.0 Å².